The van der Waals surface area contributed by atoms with Crippen molar-refractivity contribution in [3.8, 4) is 11.4 Å². The summed E-state index contributed by atoms with van der Waals surface area (Å²) < 4.78 is 39.5. The Balaban J connectivity index is 1.92. The van der Waals surface area contributed by atoms with Crippen LogP contribution in [0.4, 0.5) is 8.78 Å². The molecule has 0 aliphatic heterocycles. The zero-order chi connectivity index (χ0) is 24.1. The molecule has 3 aromatic rings. The summed E-state index contributed by atoms with van der Waals surface area (Å²) in [6.45, 7) is 9.73. The monoisotopic (exact) mass is 475 g/mol. The van der Waals surface area contributed by atoms with E-state index >= 15 is 0 Å². The first kappa shape index (κ1) is 24.4. The summed E-state index contributed by atoms with van der Waals surface area (Å²) in [7, 11) is 0. The Kier molecular flexibility index (Phi) is 7.81. The molecule has 0 aliphatic rings. The third kappa shape index (κ3) is 5.57. The van der Waals surface area contributed by atoms with Gasteiger partial charge in [-0.2, -0.15) is 0 Å². The Labute approximate surface area is 195 Å². The molecular weight excluding hydrogens is 452 g/mol. The topological polar surface area (TPSA) is 66.2 Å². The molecule has 0 saturated carbocycles. The number of hydrogen-bond donors (Lipinski definition) is 0. The fourth-order valence-electron chi connectivity index (χ4n) is 3.10. The van der Waals surface area contributed by atoms with Gasteiger partial charge in [0, 0.05) is 24.0 Å². The molecule has 33 heavy (non-hydrogen) atoms. The first-order valence-corrected chi connectivity index (χ1v) is 10.7. The summed E-state index contributed by atoms with van der Waals surface area (Å²) in [4.78, 5) is 21.1. The van der Waals surface area contributed by atoms with E-state index in [0.717, 1.165) is 24.6 Å². The largest absolute Gasteiger partial charge is 0.492 e. The van der Waals surface area contributed by atoms with Crippen LogP contribution in [0.1, 0.15) is 42.4 Å². The number of hydrogen-bond acceptors (Lipinski definition) is 5. The second kappa shape index (κ2) is 10.6. The van der Waals surface area contributed by atoms with Crippen LogP contribution in [-0.2, 0) is 11.3 Å². The lowest BCUT2D eigenvalue weighted by atomic mass is 10.2. The van der Waals surface area contributed by atoms with Gasteiger partial charge >= 0.3 is 0 Å². The molecule has 0 saturated heterocycles. The molecule has 3 rings (SSSR count). The predicted molar refractivity (Wildman–Crippen MR) is 123 cm³/mol. The van der Waals surface area contributed by atoms with Gasteiger partial charge in [0.25, 0.3) is 5.56 Å². The van der Waals surface area contributed by atoms with Crippen LogP contribution < -0.4 is 10.3 Å². The van der Waals surface area contributed by atoms with E-state index in [1.54, 1.807) is 25.3 Å². The third-order valence-corrected chi connectivity index (χ3v) is 5.27. The number of nitrogens with zero attached hydrogens (tertiary/aromatic N) is 3. The lowest BCUT2D eigenvalue weighted by molar-refractivity contribution is 0.270. The van der Waals surface area contributed by atoms with Crippen molar-refractivity contribution in [1.29, 1.82) is 0 Å². The zero-order valence-corrected chi connectivity index (χ0v) is 19.4. The maximum atomic E-state index is 13.8. The van der Waals surface area contributed by atoms with E-state index in [1.165, 1.54) is 4.57 Å². The van der Waals surface area contributed by atoms with Crippen molar-refractivity contribution in [2.75, 3.05) is 6.61 Å². The van der Waals surface area contributed by atoms with Crippen molar-refractivity contribution in [1.82, 2.24) is 14.5 Å². The number of pyridine rings is 3. The van der Waals surface area contributed by atoms with Gasteiger partial charge in [-0.15, -0.1) is 0 Å². The highest BCUT2D eigenvalue weighted by Crippen LogP contribution is 2.26. The number of unbranched alkanes of at least 4 members (excludes halogenated alkanes) is 1. The van der Waals surface area contributed by atoms with Gasteiger partial charge in [0.1, 0.15) is 40.3 Å². The average molecular weight is 476 g/mol. The second-order valence-electron chi connectivity index (χ2n) is 7.46. The lowest BCUT2D eigenvalue weighted by Gasteiger charge is -2.17. The maximum absolute atomic E-state index is 13.8. The fourth-order valence-corrected chi connectivity index (χ4v) is 3.29. The second-order valence-corrected chi connectivity index (χ2v) is 7.83. The molecule has 0 spiro atoms. The van der Waals surface area contributed by atoms with E-state index in [4.69, 9.17) is 21.1 Å². The molecule has 0 bridgehead atoms. The highest BCUT2D eigenvalue weighted by atomic mass is 35.5. The first-order valence-electron chi connectivity index (χ1n) is 10.4. The standard InChI is InChI=1S/C24H24ClF2N3O3/c1-5-6-7-32-16(4)19-10-21(14(2)11-28-19)30-15(3)8-22(23(25)24(30)31)33-13-20-18(27)9-17(26)12-29-20/h8-12H,4-7,13H2,1-3H3. The molecular formula is C24H24ClF2N3O3. The van der Waals surface area contributed by atoms with Gasteiger partial charge in [0.05, 0.1) is 18.5 Å². The van der Waals surface area contributed by atoms with Crippen molar-refractivity contribution in [2.45, 2.75) is 40.2 Å². The molecule has 174 valence electrons. The van der Waals surface area contributed by atoms with Gasteiger partial charge in [-0.05, 0) is 31.9 Å². The summed E-state index contributed by atoms with van der Waals surface area (Å²) in [5.41, 5.74) is 1.73. The van der Waals surface area contributed by atoms with Crippen molar-refractivity contribution in [3.05, 3.63) is 86.8 Å². The van der Waals surface area contributed by atoms with Crippen molar-refractivity contribution in [3.63, 3.8) is 0 Å². The van der Waals surface area contributed by atoms with Crippen LogP contribution in [0, 0.1) is 25.5 Å². The van der Waals surface area contributed by atoms with Crippen LogP contribution in [-0.4, -0.2) is 21.1 Å². The van der Waals surface area contributed by atoms with Gasteiger partial charge in [-0.3, -0.25) is 19.3 Å². The van der Waals surface area contributed by atoms with E-state index < -0.39 is 17.2 Å². The van der Waals surface area contributed by atoms with Crippen LogP contribution in [0.5, 0.6) is 5.75 Å². The molecule has 0 N–H and O–H groups in total. The van der Waals surface area contributed by atoms with Crippen LogP contribution >= 0.6 is 11.6 Å². The first-order chi connectivity index (χ1) is 15.7. The van der Waals surface area contributed by atoms with Crippen LogP contribution in [0.2, 0.25) is 5.02 Å². The van der Waals surface area contributed by atoms with Crippen molar-refractivity contribution >= 4 is 17.4 Å². The maximum Gasteiger partial charge on any atom is 0.277 e. The minimum Gasteiger partial charge on any atom is -0.492 e. The summed E-state index contributed by atoms with van der Waals surface area (Å²) in [6, 6.07) is 3.99. The van der Waals surface area contributed by atoms with E-state index in [0.29, 0.717) is 35.5 Å². The fraction of sp³-hybridized carbons (Fsp3) is 0.292. The molecule has 0 aliphatic carbocycles. The normalized spacial score (nSPS) is 10.8. The van der Waals surface area contributed by atoms with Gasteiger partial charge < -0.3 is 9.47 Å². The summed E-state index contributed by atoms with van der Waals surface area (Å²) in [6.07, 6.45) is 4.40. The van der Waals surface area contributed by atoms with E-state index in [1.807, 2.05) is 6.92 Å². The molecule has 0 fully saturated rings. The van der Waals surface area contributed by atoms with E-state index in [-0.39, 0.29) is 23.1 Å². The number of aryl methyl sites for hydroxylation is 2. The van der Waals surface area contributed by atoms with Crippen LogP contribution in [0.15, 0.2) is 42.0 Å². The Hall–Kier alpha value is -3.26. The van der Waals surface area contributed by atoms with Crippen molar-refractivity contribution < 1.29 is 18.3 Å². The SMILES string of the molecule is C=C(OCCCC)c1cc(-n2c(C)cc(OCc3ncc(F)cc3F)c(Cl)c2=O)c(C)cn1. The molecule has 3 heterocycles. The van der Waals surface area contributed by atoms with Crippen LogP contribution in [0.25, 0.3) is 11.4 Å². The van der Waals surface area contributed by atoms with Gasteiger partial charge in [0.2, 0.25) is 0 Å². The highest BCUT2D eigenvalue weighted by Gasteiger charge is 2.17. The molecule has 6 nitrogen and oxygen atoms in total. The summed E-state index contributed by atoms with van der Waals surface area (Å²) >= 11 is 6.30. The Morgan fingerprint density at radius 2 is 1.94 bits per heavy atom. The van der Waals surface area contributed by atoms with Gasteiger partial charge in [0.15, 0.2) is 5.82 Å². The number of aromatic nitrogens is 3. The molecule has 9 heteroatoms. The summed E-state index contributed by atoms with van der Waals surface area (Å²) in [5.74, 6) is -1.16. The number of halogens is 3. The Bertz CT molecular complexity index is 1240. The van der Waals surface area contributed by atoms with Gasteiger partial charge in [-0.25, -0.2) is 8.78 Å². The van der Waals surface area contributed by atoms with Crippen LogP contribution in [0.3, 0.4) is 0 Å². The lowest BCUT2D eigenvalue weighted by Crippen LogP contribution is -2.23. The third-order valence-electron chi connectivity index (χ3n) is 4.92. The molecule has 0 radical (unpaired) electrons. The van der Waals surface area contributed by atoms with Gasteiger partial charge in [-0.1, -0.05) is 31.5 Å². The molecule has 0 aromatic carbocycles. The predicted octanol–water partition coefficient (Wildman–Crippen LogP) is 5.54. The van der Waals surface area contributed by atoms with Crippen molar-refractivity contribution in [2.24, 2.45) is 0 Å². The number of rotatable bonds is 9. The smallest absolute Gasteiger partial charge is 0.277 e. The Morgan fingerprint density at radius 1 is 1.18 bits per heavy atom. The molecule has 0 unspecified atom stereocenters. The minimum atomic E-state index is -0.850. The molecule has 3 aromatic heterocycles. The Morgan fingerprint density at radius 3 is 2.64 bits per heavy atom. The minimum absolute atomic E-state index is 0.0696. The number of ether oxygens (including phenoxy) is 2. The molecule has 0 atom stereocenters. The van der Waals surface area contributed by atoms with E-state index in [2.05, 4.69) is 23.5 Å². The summed E-state index contributed by atoms with van der Waals surface area (Å²) in [5, 5.41) is -0.182. The zero-order valence-electron chi connectivity index (χ0n) is 18.6. The van der Waals surface area contributed by atoms with E-state index in [9.17, 15) is 13.6 Å². The quantitative estimate of drug-likeness (QED) is 0.300. The average Bonchev–Trinajstić information content (AvgIpc) is 2.77. The molecule has 0 amide bonds. The highest BCUT2D eigenvalue weighted by molar-refractivity contribution is 6.31.